The van der Waals surface area contributed by atoms with Gasteiger partial charge in [-0.25, -0.2) is 4.79 Å². The topological polar surface area (TPSA) is 190 Å². The Morgan fingerprint density at radius 2 is 1.68 bits per heavy atom. The lowest BCUT2D eigenvalue weighted by Gasteiger charge is -2.21. The molecule has 0 aliphatic heterocycles. The van der Waals surface area contributed by atoms with Crippen LogP contribution < -0.4 is 11.1 Å². The summed E-state index contributed by atoms with van der Waals surface area (Å²) in [7, 11) is 0. The van der Waals surface area contributed by atoms with E-state index in [1.54, 1.807) is 0 Å². The zero-order chi connectivity index (χ0) is 17.3. The number of Topliss-reactive ketones (excluding diaryl/α,β-unsaturated/α-hetero) is 1. The molecule has 0 aromatic heterocycles. The maximum Gasteiger partial charge on any atom is 0.326 e. The highest BCUT2D eigenvalue weighted by molar-refractivity contribution is 6.38. The largest absolute Gasteiger partial charge is 0.480 e. The Bertz CT molecular complexity index is 389. The van der Waals surface area contributed by atoms with Crippen LogP contribution in [-0.4, -0.2) is 80.7 Å². The summed E-state index contributed by atoms with van der Waals surface area (Å²) in [5, 5.41) is 47.3. The second kappa shape index (κ2) is 10.2. The van der Waals surface area contributed by atoms with Crippen molar-refractivity contribution in [3.05, 3.63) is 0 Å². The van der Waals surface area contributed by atoms with E-state index < -0.39 is 48.6 Å². The van der Waals surface area contributed by atoms with Crippen molar-refractivity contribution in [3.63, 3.8) is 0 Å². The fourth-order valence-corrected chi connectivity index (χ4v) is 1.59. The molecule has 0 saturated carbocycles. The average Bonchev–Trinajstić information content (AvgIpc) is 2.50. The summed E-state index contributed by atoms with van der Waals surface area (Å²) in [6.45, 7) is -0.576. The fourth-order valence-electron chi connectivity index (χ4n) is 1.59. The van der Waals surface area contributed by atoms with Crippen molar-refractivity contribution in [1.29, 1.82) is 0 Å². The van der Waals surface area contributed by atoms with Crippen LogP contribution in [0.5, 0.6) is 0 Å². The molecule has 0 saturated heterocycles. The molecule has 1 amide bonds. The van der Waals surface area contributed by atoms with Crippen molar-refractivity contribution in [2.24, 2.45) is 5.73 Å². The van der Waals surface area contributed by atoms with Crippen molar-refractivity contribution in [2.75, 3.05) is 13.2 Å². The molecule has 8 N–H and O–H groups in total. The zero-order valence-electron chi connectivity index (χ0n) is 11.9. The molecule has 22 heavy (non-hydrogen) atoms. The summed E-state index contributed by atoms with van der Waals surface area (Å²) in [6, 6.07) is -1.34. The van der Waals surface area contributed by atoms with Gasteiger partial charge in [0.25, 0.3) is 11.7 Å². The van der Waals surface area contributed by atoms with Gasteiger partial charge in [-0.15, -0.1) is 0 Å². The van der Waals surface area contributed by atoms with E-state index in [4.69, 9.17) is 21.1 Å². The first kappa shape index (κ1) is 20.4. The Labute approximate surface area is 126 Å². The summed E-state index contributed by atoms with van der Waals surface area (Å²) >= 11 is 0. The molecule has 4 atom stereocenters. The maximum absolute atomic E-state index is 11.6. The van der Waals surface area contributed by atoms with E-state index in [-0.39, 0.29) is 6.42 Å². The third-order valence-corrected chi connectivity index (χ3v) is 2.95. The van der Waals surface area contributed by atoms with Gasteiger partial charge >= 0.3 is 5.97 Å². The second-order valence-electron chi connectivity index (χ2n) is 4.70. The minimum atomic E-state index is -2.28. The van der Waals surface area contributed by atoms with E-state index in [1.807, 2.05) is 5.32 Å². The molecule has 0 spiro atoms. The molecule has 0 bridgehead atoms. The Hall–Kier alpha value is -1.59. The molecule has 0 heterocycles. The van der Waals surface area contributed by atoms with Crippen molar-refractivity contribution < 1.29 is 39.9 Å². The van der Waals surface area contributed by atoms with E-state index in [9.17, 15) is 24.6 Å². The highest BCUT2D eigenvalue weighted by Gasteiger charge is 2.35. The number of ketones is 1. The Morgan fingerprint density at radius 3 is 2.14 bits per heavy atom. The van der Waals surface area contributed by atoms with Crippen LogP contribution in [-0.2, 0) is 14.4 Å². The Morgan fingerprint density at radius 1 is 1.09 bits per heavy atom. The van der Waals surface area contributed by atoms with Crippen molar-refractivity contribution in [2.45, 2.75) is 43.6 Å². The lowest BCUT2D eigenvalue weighted by molar-refractivity contribution is -0.152. The number of carbonyl (C=O) groups is 3. The van der Waals surface area contributed by atoms with Gasteiger partial charge in [0.1, 0.15) is 18.2 Å². The molecule has 0 rings (SSSR count). The molecule has 0 aromatic carbocycles. The van der Waals surface area contributed by atoms with E-state index in [2.05, 4.69) is 0 Å². The number of hydrogen-bond donors (Lipinski definition) is 7. The standard InChI is InChI=1S/C12H22N2O8/c13-4-2-1-3-6(12(21)22)14-11(20)10(19)9(18)8(17)7(16)5-15/h6-9,15-18H,1-5,13H2,(H,14,20)(H,21,22)/t6-,7-,8+,9+/m0/s1. The predicted molar refractivity (Wildman–Crippen MR) is 72.6 cm³/mol. The summed E-state index contributed by atoms with van der Waals surface area (Å²) in [5.74, 6) is -4.27. The molecule has 128 valence electrons. The number of rotatable bonds is 11. The molecule has 0 aromatic rings. The third-order valence-electron chi connectivity index (χ3n) is 2.95. The smallest absolute Gasteiger partial charge is 0.326 e. The molecule has 0 aliphatic rings. The van der Waals surface area contributed by atoms with Crippen LogP contribution >= 0.6 is 0 Å². The van der Waals surface area contributed by atoms with Gasteiger partial charge in [0.2, 0.25) is 0 Å². The van der Waals surface area contributed by atoms with Gasteiger partial charge in [-0.1, -0.05) is 0 Å². The quantitative estimate of drug-likeness (QED) is 0.148. The first-order valence-corrected chi connectivity index (χ1v) is 6.68. The molecular weight excluding hydrogens is 300 g/mol. The Balaban J connectivity index is 4.65. The van der Waals surface area contributed by atoms with Crippen LogP contribution in [0.15, 0.2) is 0 Å². The van der Waals surface area contributed by atoms with Crippen LogP contribution in [0.1, 0.15) is 19.3 Å². The van der Waals surface area contributed by atoms with E-state index in [0.717, 1.165) is 0 Å². The van der Waals surface area contributed by atoms with Gasteiger partial charge in [-0.3, -0.25) is 9.59 Å². The van der Waals surface area contributed by atoms with Gasteiger partial charge in [0.05, 0.1) is 6.61 Å². The minimum Gasteiger partial charge on any atom is -0.480 e. The van der Waals surface area contributed by atoms with Gasteiger partial charge in [-0.2, -0.15) is 0 Å². The highest BCUT2D eigenvalue weighted by Crippen LogP contribution is 2.04. The molecule has 0 aliphatic carbocycles. The molecule has 10 heteroatoms. The number of amides is 1. The van der Waals surface area contributed by atoms with E-state index in [0.29, 0.717) is 19.4 Å². The number of aliphatic hydroxyl groups excluding tert-OH is 4. The lowest BCUT2D eigenvalue weighted by atomic mass is 10.0. The minimum absolute atomic E-state index is 0.0451. The molecule has 0 fully saturated rings. The molecule has 10 nitrogen and oxygen atoms in total. The van der Waals surface area contributed by atoms with E-state index >= 15 is 0 Å². The zero-order valence-corrected chi connectivity index (χ0v) is 11.9. The monoisotopic (exact) mass is 322 g/mol. The number of carboxylic acids is 1. The number of aliphatic carboxylic acids is 1. The Kier molecular flexibility index (Phi) is 9.45. The SMILES string of the molecule is NCCCC[C@H](NC(=O)C(=O)[C@H](O)[C@H](O)[C@@H](O)CO)C(=O)O. The first-order valence-electron chi connectivity index (χ1n) is 6.68. The van der Waals surface area contributed by atoms with Crippen LogP contribution in [0.2, 0.25) is 0 Å². The normalized spacial score (nSPS) is 16.4. The lowest BCUT2D eigenvalue weighted by Crippen LogP contribution is -2.52. The summed E-state index contributed by atoms with van der Waals surface area (Å²) in [5.41, 5.74) is 5.26. The van der Waals surface area contributed by atoms with Gasteiger partial charge < -0.3 is 36.6 Å². The number of hydrogen-bond acceptors (Lipinski definition) is 8. The van der Waals surface area contributed by atoms with Gasteiger partial charge in [0.15, 0.2) is 6.10 Å². The van der Waals surface area contributed by atoms with Gasteiger partial charge in [0, 0.05) is 0 Å². The van der Waals surface area contributed by atoms with Crippen LogP contribution in [0.4, 0.5) is 0 Å². The molecule has 0 radical (unpaired) electrons. The number of carbonyl (C=O) groups excluding carboxylic acids is 2. The maximum atomic E-state index is 11.6. The number of unbranched alkanes of at least 4 members (excludes halogenated alkanes) is 1. The van der Waals surface area contributed by atoms with E-state index in [1.165, 1.54) is 0 Å². The van der Waals surface area contributed by atoms with Crippen LogP contribution in [0.3, 0.4) is 0 Å². The number of aliphatic hydroxyl groups is 4. The van der Waals surface area contributed by atoms with Crippen LogP contribution in [0, 0.1) is 0 Å². The number of nitrogens with two attached hydrogens (primary N) is 1. The fraction of sp³-hybridized carbons (Fsp3) is 0.750. The number of carboxylic acid groups (broad SMARTS) is 1. The summed E-state index contributed by atoms with van der Waals surface area (Å²) in [6.07, 6.45) is -5.16. The van der Waals surface area contributed by atoms with Crippen molar-refractivity contribution in [3.8, 4) is 0 Å². The van der Waals surface area contributed by atoms with Crippen LogP contribution in [0.25, 0.3) is 0 Å². The predicted octanol–water partition coefficient (Wildman–Crippen LogP) is -3.67. The second-order valence-corrected chi connectivity index (χ2v) is 4.70. The summed E-state index contributed by atoms with van der Waals surface area (Å²) in [4.78, 5) is 34.1. The summed E-state index contributed by atoms with van der Waals surface area (Å²) < 4.78 is 0. The number of nitrogens with one attached hydrogen (secondary N) is 1. The third kappa shape index (κ3) is 6.45. The molecule has 0 unspecified atom stereocenters. The first-order chi connectivity index (χ1) is 10.3. The van der Waals surface area contributed by atoms with Gasteiger partial charge in [-0.05, 0) is 25.8 Å². The molecular formula is C12H22N2O8. The van der Waals surface area contributed by atoms with Crippen molar-refractivity contribution >= 4 is 17.7 Å². The average molecular weight is 322 g/mol. The highest BCUT2D eigenvalue weighted by atomic mass is 16.4. The van der Waals surface area contributed by atoms with Crippen molar-refractivity contribution in [1.82, 2.24) is 5.32 Å².